The van der Waals surface area contributed by atoms with Crippen molar-refractivity contribution in [1.29, 1.82) is 0 Å². The van der Waals surface area contributed by atoms with Crippen LogP contribution < -0.4 is 9.47 Å². The van der Waals surface area contributed by atoms with Gasteiger partial charge in [0, 0.05) is 0 Å². The summed E-state index contributed by atoms with van der Waals surface area (Å²) in [5, 5.41) is 9.47. The molecule has 1 aromatic carbocycles. The van der Waals surface area contributed by atoms with Crippen LogP contribution in [0, 0.1) is 0 Å². The van der Waals surface area contributed by atoms with Crippen molar-refractivity contribution in [2.75, 3.05) is 13.2 Å². The summed E-state index contributed by atoms with van der Waals surface area (Å²) >= 11 is 5.32. The molecule has 2 rings (SSSR count). The van der Waals surface area contributed by atoms with E-state index in [1.54, 1.807) is 0 Å². The monoisotopic (exact) mass is 372 g/mol. The van der Waals surface area contributed by atoms with Gasteiger partial charge in [-0.1, -0.05) is 0 Å². The van der Waals surface area contributed by atoms with E-state index >= 15 is 0 Å². The standard InChI is InChI=1S/C10H8Br2F2O3/c11-6-3-5(9(15)10(12,13)14)4-7-8(6)17-2-1-16-7/h3-4,9,15H,1-2H2. The molecule has 1 aliphatic heterocycles. The fourth-order valence-electron chi connectivity index (χ4n) is 1.48. The van der Waals surface area contributed by atoms with Crippen LogP contribution in [0.4, 0.5) is 8.78 Å². The molecule has 1 atom stereocenters. The molecule has 1 unspecified atom stereocenters. The Hall–Kier alpha value is -0.400. The molecule has 0 radical (unpaired) electrons. The van der Waals surface area contributed by atoms with Crippen LogP contribution in [0.15, 0.2) is 16.6 Å². The maximum absolute atomic E-state index is 12.9. The van der Waals surface area contributed by atoms with Crippen LogP contribution in [0.5, 0.6) is 11.5 Å². The van der Waals surface area contributed by atoms with Gasteiger partial charge in [0.1, 0.15) is 13.2 Å². The second-order valence-corrected chi connectivity index (χ2v) is 5.38. The zero-order valence-electron chi connectivity index (χ0n) is 8.42. The molecule has 0 spiro atoms. The second kappa shape index (κ2) is 4.70. The highest BCUT2D eigenvalue weighted by Gasteiger charge is 2.37. The van der Waals surface area contributed by atoms with E-state index in [1.807, 2.05) is 0 Å². The first-order valence-corrected chi connectivity index (χ1v) is 6.32. The van der Waals surface area contributed by atoms with Crippen LogP contribution in [0.1, 0.15) is 11.7 Å². The lowest BCUT2D eigenvalue weighted by atomic mass is 10.1. The number of ether oxygens (including phenoxy) is 2. The summed E-state index contributed by atoms with van der Waals surface area (Å²) in [4.78, 5) is -3.39. The Balaban J connectivity index is 2.41. The molecule has 17 heavy (non-hydrogen) atoms. The predicted molar refractivity (Wildman–Crippen MR) is 64.0 cm³/mol. The molecule has 0 aliphatic carbocycles. The highest BCUT2D eigenvalue weighted by atomic mass is 79.9. The first-order valence-electron chi connectivity index (χ1n) is 4.73. The molecule has 7 heteroatoms. The maximum Gasteiger partial charge on any atom is 0.330 e. The van der Waals surface area contributed by atoms with Gasteiger partial charge in [-0.25, -0.2) is 0 Å². The van der Waals surface area contributed by atoms with Gasteiger partial charge < -0.3 is 14.6 Å². The van der Waals surface area contributed by atoms with Gasteiger partial charge in [0.25, 0.3) is 0 Å². The number of rotatable bonds is 2. The molecule has 1 N–H and O–H groups in total. The number of halogens is 4. The smallest absolute Gasteiger partial charge is 0.330 e. The number of fused-ring (bicyclic) bond motifs is 1. The van der Waals surface area contributed by atoms with E-state index in [2.05, 4.69) is 31.9 Å². The summed E-state index contributed by atoms with van der Waals surface area (Å²) in [5.74, 6) is 0.807. The van der Waals surface area contributed by atoms with Crippen molar-refractivity contribution in [3.63, 3.8) is 0 Å². The molecular formula is C10H8Br2F2O3. The summed E-state index contributed by atoms with van der Waals surface area (Å²) in [6, 6.07) is 2.73. The Morgan fingerprint density at radius 2 is 1.94 bits per heavy atom. The lowest BCUT2D eigenvalue weighted by Crippen LogP contribution is -2.20. The zero-order valence-corrected chi connectivity index (χ0v) is 11.6. The van der Waals surface area contributed by atoms with Crippen molar-refractivity contribution >= 4 is 31.9 Å². The highest BCUT2D eigenvalue weighted by molar-refractivity contribution is 9.10. The van der Waals surface area contributed by atoms with Gasteiger partial charge in [0.2, 0.25) is 0 Å². The van der Waals surface area contributed by atoms with Crippen LogP contribution in [0.25, 0.3) is 0 Å². The molecule has 94 valence electrons. The van der Waals surface area contributed by atoms with Gasteiger partial charge in [-0.15, -0.1) is 0 Å². The minimum atomic E-state index is -3.39. The van der Waals surface area contributed by atoms with Crippen molar-refractivity contribution in [1.82, 2.24) is 0 Å². The van der Waals surface area contributed by atoms with Crippen molar-refractivity contribution < 1.29 is 23.4 Å². The first kappa shape index (κ1) is 13.0. The second-order valence-electron chi connectivity index (χ2n) is 3.47. The molecule has 1 aliphatic rings. The zero-order chi connectivity index (χ0) is 12.6. The van der Waals surface area contributed by atoms with Gasteiger partial charge >= 0.3 is 4.83 Å². The molecule has 1 aromatic rings. The molecule has 0 bridgehead atoms. The van der Waals surface area contributed by atoms with E-state index < -0.39 is 10.9 Å². The molecule has 0 saturated heterocycles. The maximum atomic E-state index is 12.9. The number of aliphatic hydroxyl groups is 1. The van der Waals surface area contributed by atoms with Crippen LogP contribution in [0.3, 0.4) is 0 Å². The third kappa shape index (κ3) is 2.71. The highest BCUT2D eigenvalue weighted by Crippen LogP contribution is 2.43. The number of benzene rings is 1. The van der Waals surface area contributed by atoms with E-state index in [-0.39, 0.29) is 5.56 Å². The van der Waals surface area contributed by atoms with Gasteiger partial charge in [0.15, 0.2) is 17.6 Å². The molecule has 0 fully saturated rings. The fourth-order valence-corrected chi connectivity index (χ4v) is 2.32. The Labute approximate surface area is 113 Å². The van der Waals surface area contributed by atoms with Crippen LogP contribution in [0.2, 0.25) is 0 Å². The van der Waals surface area contributed by atoms with Crippen LogP contribution in [-0.4, -0.2) is 23.2 Å². The van der Waals surface area contributed by atoms with Gasteiger partial charge in [-0.3, -0.25) is 0 Å². The topological polar surface area (TPSA) is 38.7 Å². The minimum absolute atomic E-state index is 0.0444. The fraction of sp³-hybridized carbons (Fsp3) is 0.400. The summed E-state index contributed by atoms with van der Waals surface area (Å²) in [7, 11) is 0. The van der Waals surface area contributed by atoms with Crippen LogP contribution >= 0.6 is 31.9 Å². The van der Waals surface area contributed by atoms with E-state index in [1.165, 1.54) is 12.1 Å². The van der Waals surface area contributed by atoms with Crippen molar-refractivity contribution in [2.45, 2.75) is 10.9 Å². The number of hydrogen-bond acceptors (Lipinski definition) is 3. The SMILES string of the molecule is OC(c1cc(Br)c2c(c1)OCCO2)C(F)(F)Br. The molecule has 1 heterocycles. The van der Waals surface area contributed by atoms with Gasteiger partial charge in [0.05, 0.1) is 4.47 Å². The summed E-state index contributed by atoms with van der Waals surface area (Å²) in [6.45, 7) is 0.756. The Kier molecular flexibility index (Phi) is 3.61. The number of aliphatic hydroxyl groups excluding tert-OH is 1. The van der Waals surface area contributed by atoms with Crippen molar-refractivity contribution in [2.24, 2.45) is 0 Å². The molecular weight excluding hydrogens is 366 g/mol. The summed E-state index contributed by atoms with van der Waals surface area (Å²) < 4.78 is 37.0. The Morgan fingerprint density at radius 3 is 2.59 bits per heavy atom. The predicted octanol–water partition coefficient (Wildman–Crippen LogP) is 3.24. The van der Waals surface area contributed by atoms with Crippen molar-refractivity contribution in [3.8, 4) is 11.5 Å². The summed E-state index contributed by atoms with van der Waals surface area (Å²) in [5.41, 5.74) is 0.0444. The lowest BCUT2D eigenvalue weighted by molar-refractivity contribution is -0.0296. The molecule has 0 amide bonds. The largest absolute Gasteiger partial charge is 0.486 e. The summed E-state index contributed by atoms with van der Waals surface area (Å²) in [6.07, 6.45) is -1.95. The van der Waals surface area contributed by atoms with E-state index in [4.69, 9.17) is 9.47 Å². The normalized spacial score (nSPS) is 16.8. The van der Waals surface area contributed by atoms with Crippen LogP contribution in [-0.2, 0) is 0 Å². The third-order valence-electron chi connectivity index (χ3n) is 2.24. The van der Waals surface area contributed by atoms with E-state index in [9.17, 15) is 13.9 Å². The van der Waals surface area contributed by atoms with E-state index in [0.29, 0.717) is 29.2 Å². The first-order chi connectivity index (χ1) is 7.89. The van der Waals surface area contributed by atoms with Crippen molar-refractivity contribution in [3.05, 3.63) is 22.2 Å². The molecule has 0 aromatic heterocycles. The van der Waals surface area contributed by atoms with E-state index in [0.717, 1.165) is 0 Å². The average Bonchev–Trinajstić information content (AvgIpc) is 2.27. The minimum Gasteiger partial charge on any atom is -0.486 e. The Bertz CT molecular complexity index is 434. The number of hydrogen-bond donors (Lipinski definition) is 1. The molecule has 0 saturated carbocycles. The van der Waals surface area contributed by atoms with Gasteiger partial charge in [-0.2, -0.15) is 8.78 Å². The average molecular weight is 374 g/mol. The van der Waals surface area contributed by atoms with Gasteiger partial charge in [-0.05, 0) is 49.6 Å². The number of alkyl halides is 3. The third-order valence-corrected chi connectivity index (χ3v) is 3.27. The quantitative estimate of drug-likeness (QED) is 0.809. The Morgan fingerprint density at radius 1 is 1.29 bits per heavy atom. The lowest BCUT2D eigenvalue weighted by Gasteiger charge is -2.23. The molecule has 3 nitrogen and oxygen atoms in total.